The second kappa shape index (κ2) is 8.42. The molecule has 31 heavy (non-hydrogen) atoms. The Hall–Kier alpha value is -3.34. The summed E-state index contributed by atoms with van der Waals surface area (Å²) in [5.41, 5.74) is 0.344. The van der Waals surface area contributed by atoms with Gasteiger partial charge in [0.1, 0.15) is 6.54 Å². The quantitative estimate of drug-likeness (QED) is 0.643. The minimum Gasteiger partial charge on any atom is -0.325 e. The van der Waals surface area contributed by atoms with Gasteiger partial charge in [0.25, 0.3) is 10.0 Å². The topological polar surface area (TPSA) is 138 Å². The fourth-order valence-corrected chi connectivity index (χ4v) is 4.94. The highest BCUT2D eigenvalue weighted by atomic mass is 32.2. The van der Waals surface area contributed by atoms with Crippen LogP contribution in [0.2, 0.25) is 0 Å². The van der Waals surface area contributed by atoms with Crippen LogP contribution >= 0.6 is 0 Å². The monoisotopic (exact) mass is 443 g/mol. The highest BCUT2D eigenvalue weighted by Gasteiger charge is 2.48. The van der Waals surface area contributed by atoms with Crippen LogP contribution in [0.15, 0.2) is 47.6 Å². The molecule has 10 nitrogen and oxygen atoms in total. The Bertz CT molecular complexity index is 1080. The third kappa shape index (κ3) is 4.41. The van der Waals surface area contributed by atoms with Crippen LogP contribution in [0, 0.1) is 11.8 Å². The SMILES string of the molecule is O=C(CN1C(=O)[C@H]2CCCC[C@@H]2C1=O)Nc1ccc(S(=O)(=O)Nc2ncccn2)cc1. The maximum atomic E-state index is 12.5. The van der Waals surface area contributed by atoms with Gasteiger partial charge in [-0.25, -0.2) is 23.1 Å². The van der Waals surface area contributed by atoms with Crippen molar-refractivity contribution in [3.63, 3.8) is 0 Å². The van der Waals surface area contributed by atoms with Gasteiger partial charge in [-0.1, -0.05) is 12.8 Å². The first-order chi connectivity index (χ1) is 14.8. The third-order valence-electron chi connectivity index (χ3n) is 5.47. The first kappa shape index (κ1) is 20.9. The number of amides is 3. The summed E-state index contributed by atoms with van der Waals surface area (Å²) >= 11 is 0. The summed E-state index contributed by atoms with van der Waals surface area (Å²) in [6.07, 6.45) is 6.03. The average molecular weight is 443 g/mol. The van der Waals surface area contributed by atoms with Crippen LogP contribution in [0.5, 0.6) is 0 Å². The minimum absolute atomic E-state index is 0.0353. The second-order valence-electron chi connectivity index (χ2n) is 7.51. The Labute approximate surface area is 179 Å². The van der Waals surface area contributed by atoms with Crippen LogP contribution in [0.3, 0.4) is 0 Å². The Balaban J connectivity index is 1.38. The van der Waals surface area contributed by atoms with Crippen molar-refractivity contribution in [2.75, 3.05) is 16.6 Å². The first-order valence-corrected chi connectivity index (χ1v) is 11.4. The van der Waals surface area contributed by atoms with E-state index in [9.17, 15) is 22.8 Å². The number of imide groups is 1. The molecule has 2 aliphatic rings. The highest BCUT2D eigenvalue weighted by Crippen LogP contribution is 2.37. The molecule has 1 saturated heterocycles. The molecule has 2 atom stereocenters. The summed E-state index contributed by atoms with van der Waals surface area (Å²) < 4.78 is 27.1. The number of likely N-dealkylation sites (tertiary alicyclic amines) is 1. The molecule has 2 fully saturated rings. The number of fused-ring (bicyclic) bond motifs is 1. The van der Waals surface area contributed by atoms with Gasteiger partial charge in [-0.3, -0.25) is 19.3 Å². The van der Waals surface area contributed by atoms with E-state index in [4.69, 9.17) is 0 Å². The summed E-state index contributed by atoms with van der Waals surface area (Å²) in [5.74, 6) is -1.74. The van der Waals surface area contributed by atoms with Gasteiger partial charge in [0.2, 0.25) is 23.7 Å². The fraction of sp³-hybridized carbons (Fsp3) is 0.350. The van der Waals surface area contributed by atoms with Crippen molar-refractivity contribution in [1.82, 2.24) is 14.9 Å². The lowest BCUT2D eigenvalue weighted by Gasteiger charge is -2.19. The molecule has 0 radical (unpaired) electrons. The Morgan fingerprint density at radius 2 is 1.58 bits per heavy atom. The molecule has 1 aliphatic carbocycles. The summed E-state index contributed by atoms with van der Waals surface area (Å²) in [6, 6.07) is 7.05. The third-order valence-corrected chi connectivity index (χ3v) is 6.82. The molecule has 2 heterocycles. The molecule has 2 N–H and O–H groups in total. The van der Waals surface area contributed by atoms with E-state index in [0.717, 1.165) is 17.7 Å². The number of sulfonamides is 1. The molecule has 1 aromatic heterocycles. The molecular formula is C20H21N5O5S. The van der Waals surface area contributed by atoms with Gasteiger partial charge in [0.05, 0.1) is 16.7 Å². The van der Waals surface area contributed by atoms with Gasteiger partial charge in [0, 0.05) is 18.1 Å². The molecular weight excluding hydrogens is 422 g/mol. The molecule has 3 amide bonds. The maximum Gasteiger partial charge on any atom is 0.264 e. The zero-order valence-electron chi connectivity index (χ0n) is 16.5. The zero-order valence-corrected chi connectivity index (χ0v) is 17.3. The average Bonchev–Trinajstić information content (AvgIpc) is 3.00. The molecule has 0 bridgehead atoms. The molecule has 0 spiro atoms. The molecule has 11 heteroatoms. The maximum absolute atomic E-state index is 12.5. The van der Waals surface area contributed by atoms with Crippen LogP contribution in [-0.2, 0) is 24.4 Å². The van der Waals surface area contributed by atoms with Gasteiger partial charge < -0.3 is 5.32 Å². The molecule has 1 saturated carbocycles. The van der Waals surface area contributed by atoms with Crippen LogP contribution in [0.4, 0.5) is 11.6 Å². The lowest BCUT2D eigenvalue weighted by Crippen LogP contribution is -2.38. The van der Waals surface area contributed by atoms with Crippen molar-refractivity contribution in [3.8, 4) is 0 Å². The molecule has 1 aliphatic heterocycles. The highest BCUT2D eigenvalue weighted by molar-refractivity contribution is 7.92. The predicted molar refractivity (Wildman–Crippen MR) is 110 cm³/mol. The summed E-state index contributed by atoms with van der Waals surface area (Å²) in [7, 11) is -3.89. The van der Waals surface area contributed by atoms with E-state index in [2.05, 4.69) is 20.0 Å². The lowest BCUT2D eigenvalue weighted by molar-refractivity contribution is -0.142. The zero-order chi connectivity index (χ0) is 22.0. The van der Waals surface area contributed by atoms with E-state index in [1.165, 1.54) is 36.7 Å². The number of carbonyl (C=O) groups excluding carboxylic acids is 3. The standard InChI is InChI=1S/C20H21N5O5S/c26-17(12-25-18(27)15-4-1-2-5-16(15)19(25)28)23-13-6-8-14(9-7-13)31(29,30)24-20-21-10-3-11-22-20/h3,6-11,15-16H,1-2,4-5,12H2,(H,23,26)(H,21,22,24)/t15-,16-/m0/s1. The number of anilines is 2. The van der Waals surface area contributed by atoms with Crippen molar-refractivity contribution < 1.29 is 22.8 Å². The number of hydrogen-bond donors (Lipinski definition) is 2. The van der Waals surface area contributed by atoms with E-state index < -0.39 is 15.9 Å². The van der Waals surface area contributed by atoms with E-state index >= 15 is 0 Å². The number of carbonyl (C=O) groups is 3. The fourth-order valence-electron chi connectivity index (χ4n) is 3.98. The summed E-state index contributed by atoms with van der Waals surface area (Å²) in [5, 5.41) is 2.59. The van der Waals surface area contributed by atoms with Gasteiger partial charge in [-0.15, -0.1) is 0 Å². The molecule has 1 aromatic carbocycles. The number of benzene rings is 1. The van der Waals surface area contributed by atoms with Crippen LogP contribution in [-0.4, -0.2) is 47.6 Å². The lowest BCUT2D eigenvalue weighted by atomic mass is 9.81. The molecule has 2 aromatic rings. The van der Waals surface area contributed by atoms with Crippen molar-refractivity contribution in [1.29, 1.82) is 0 Å². The summed E-state index contributed by atoms with van der Waals surface area (Å²) in [6.45, 7) is -0.350. The van der Waals surface area contributed by atoms with Crippen molar-refractivity contribution in [3.05, 3.63) is 42.7 Å². The number of nitrogens with zero attached hydrogens (tertiary/aromatic N) is 3. The van der Waals surface area contributed by atoms with Crippen LogP contribution in [0.25, 0.3) is 0 Å². The number of hydrogen-bond acceptors (Lipinski definition) is 7. The Morgan fingerprint density at radius 3 is 2.16 bits per heavy atom. The van der Waals surface area contributed by atoms with Crippen molar-refractivity contribution >= 4 is 39.4 Å². The molecule has 162 valence electrons. The molecule has 4 rings (SSSR count). The van der Waals surface area contributed by atoms with E-state index in [1.807, 2.05) is 0 Å². The second-order valence-corrected chi connectivity index (χ2v) is 9.19. The van der Waals surface area contributed by atoms with Gasteiger partial charge in [-0.2, -0.15) is 0 Å². The minimum atomic E-state index is -3.89. The molecule has 0 unspecified atom stereocenters. The smallest absolute Gasteiger partial charge is 0.264 e. The Kier molecular flexibility index (Phi) is 5.68. The first-order valence-electron chi connectivity index (χ1n) is 9.90. The van der Waals surface area contributed by atoms with E-state index in [0.29, 0.717) is 18.5 Å². The van der Waals surface area contributed by atoms with E-state index in [-0.39, 0.29) is 41.0 Å². The van der Waals surface area contributed by atoms with Gasteiger partial charge in [-0.05, 0) is 43.2 Å². The van der Waals surface area contributed by atoms with E-state index in [1.54, 1.807) is 6.07 Å². The number of aromatic nitrogens is 2. The normalized spacial score (nSPS) is 21.0. The number of nitrogens with one attached hydrogen (secondary N) is 2. The van der Waals surface area contributed by atoms with Crippen LogP contribution in [0.1, 0.15) is 25.7 Å². The largest absolute Gasteiger partial charge is 0.325 e. The predicted octanol–water partition coefficient (Wildman–Crippen LogP) is 1.39. The number of rotatable bonds is 6. The Morgan fingerprint density at radius 1 is 1.00 bits per heavy atom. The van der Waals surface area contributed by atoms with Crippen molar-refractivity contribution in [2.24, 2.45) is 11.8 Å². The van der Waals surface area contributed by atoms with Gasteiger partial charge in [0.15, 0.2) is 0 Å². The summed E-state index contributed by atoms with van der Waals surface area (Å²) in [4.78, 5) is 46.0. The van der Waals surface area contributed by atoms with Crippen LogP contribution < -0.4 is 10.0 Å². The van der Waals surface area contributed by atoms with Gasteiger partial charge >= 0.3 is 0 Å². The van der Waals surface area contributed by atoms with Crippen molar-refractivity contribution in [2.45, 2.75) is 30.6 Å².